The minimum absolute atomic E-state index is 0.192. The van der Waals surface area contributed by atoms with Gasteiger partial charge in [-0.3, -0.25) is 10.1 Å². The lowest BCUT2D eigenvalue weighted by atomic mass is 10.3. The van der Waals surface area contributed by atoms with Crippen LogP contribution in [-0.2, 0) is 4.79 Å². The van der Waals surface area contributed by atoms with Crippen molar-refractivity contribution in [2.24, 2.45) is 0 Å². The molecule has 1 fully saturated rings. The van der Waals surface area contributed by atoms with Crippen LogP contribution in [0.25, 0.3) is 5.69 Å². The highest BCUT2D eigenvalue weighted by Gasteiger charge is 2.31. The first-order valence-electron chi connectivity index (χ1n) is 8.11. The van der Waals surface area contributed by atoms with Crippen LogP contribution < -0.4 is 10.6 Å². The minimum Gasteiger partial charge on any atom is -0.329 e. The summed E-state index contributed by atoms with van der Waals surface area (Å²) >= 11 is 1.01. The largest absolute Gasteiger partial charge is 0.405 e. The number of benzene rings is 1. The van der Waals surface area contributed by atoms with E-state index in [0.29, 0.717) is 11.1 Å². The molecular weight excluding hydrogens is 383 g/mol. The van der Waals surface area contributed by atoms with Crippen molar-refractivity contribution in [3.63, 3.8) is 0 Å². The summed E-state index contributed by atoms with van der Waals surface area (Å²) in [5, 5.41) is 8.18. The molecule has 2 aromatic rings. The van der Waals surface area contributed by atoms with E-state index in [9.17, 15) is 22.8 Å². The summed E-state index contributed by atoms with van der Waals surface area (Å²) < 4.78 is 37.8. The molecule has 0 spiro atoms. The van der Waals surface area contributed by atoms with Gasteiger partial charge in [-0.25, -0.2) is 14.5 Å². The normalized spacial score (nSPS) is 14.0. The molecular formula is C16H16F3N5O2S. The number of thioether (sulfide) groups is 1. The fraction of sp³-hybridized carbons (Fsp3) is 0.375. The van der Waals surface area contributed by atoms with Gasteiger partial charge in [-0.05, 0) is 25.0 Å². The Labute approximate surface area is 156 Å². The number of nitrogens with one attached hydrogen (secondary N) is 2. The predicted molar refractivity (Wildman–Crippen MR) is 91.7 cm³/mol. The van der Waals surface area contributed by atoms with Gasteiger partial charge in [0.15, 0.2) is 0 Å². The molecule has 0 radical (unpaired) electrons. The number of aromatic nitrogens is 3. The molecule has 1 saturated carbocycles. The number of alkyl halides is 3. The third-order valence-electron chi connectivity index (χ3n) is 3.59. The Kier molecular flexibility index (Phi) is 5.68. The van der Waals surface area contributed by atoms with Gasteiger partial charge in [0.05, 0.1) is 11.4 Å². The number of imide groups is 1. The van der Waals surface area contributed by atoms with Gasteiger partial charge >= 0.3 is 12.2 Å². The minimum atomic E-state index is -4.54. The molecule has 144 valence electrons. The van der Waals surface area contributed by atoms with Crippen molar-refractivity contribution in [3.05, 3.63) is 36.2 Å². The van der Waals surface area contributed by atoms with E-state index < -0.39 is 24.7 Å². The lowest BCUT2D eigenvalue weighted by Crippen LogP contribution is -2.43. The number of para-hydroxylation sites is 1. The van der Waals surface area contributed by atoms with Crippen molar-refractivity contribution in [2.45, 2.75) is 30.1 Å². The summed E-state index contributed by atoms with van der Waals surface area (Å²) in [5.74, 6) is 0.215. The zero-order chi connectivity index (χ0) is 19.4. The summed E-state index contributed by atoms with van der Waals surface area (Å²) in [6.45, 7) is -1.51. The summed E-state index contributed by atoms with van der Waals surface area (Å²) in [7, 11) is 0. The van der Waals surface area contributed by atoms with E-state index in [0.717, 1.165) is 36.1 Å². The summed E-state index contributed by atoms with van der Waals surface area (Å²) in [5.41, 5.74) is 0.856. The monoisotopic (exact) mass is 399 g/mol. The van der Waals surface area contributed by atoms with Gasteiger partial charge in [-0.1, -0.05) is 30.0 Å². The highest BCUT2D eigenvalue weighted by atomic mass is 32.2. The molecule has 0 atom stereocenters. The number of hydrogen-bond acceptors (Lipinski definition) is 5. The second-order valence-electron chi connectivity index (χ2n) is 5.91. The fourth-order valence-corrected chi connectivity index (χ4v) is 2.88. The Morgan fingerprint density at radius 3 is 2.56 bits per heavy atom. The zero-order valence-corrected chi connectivity index (χ0v) is 14.8. The average molecular weight is 399 g/mol. The molecule has 7 nitrogen and oxygen atoms in total. The van der Waals surface area contributed by atoms with E-state index in [1.807, 2.05) is 35.6 Å². The van der Waals surface area contributed by atoms with Crippen LogP contribution in [0.5, 0.6) is 0 Å². The smallest absolute Gasteiger partial charge is 0.329 e. The van der Waals surface area contributed by atoms with E-state index in [-0.39, 0.29) is 5.75 Å². The third-order valence-corrected chi connectivity index (χ3v) is 4.43. The molecule has 1 aromatic carbocycles. The van der Waals surface area contributed by atoms with E-state index in [1.165, 1.54) is 0 Å². The standard InChI is InChI=1S/C16H16F3N5O2S/c17-16(18,19)9-20-14(26)21-12(25)8-27-15-22-13(10-6-7-10)24(23-15)11-4-2-1-3-5-11/h1-5,10H,6-9H2,(H2,20,21,25,26). The Morgan fingerprint density at radius 2 is 1.93 bits per heavy atom. The van der Waals surface area contributed by atoms with E-state index in [2.05, 4.69) is 10.1 Å². The molecule has 27 heavy (non-hydrogen) atoms. The molecule has 1 aliphatic carbocycles. The van der Waals surface area contributed by atoms with Gasteiger partial charge in [-0.15, -0.1) is 5.10 Å². The number of nitrogens with zero attached hydrogens (tertiary/aromatic N) is 3. The van der Waals surface area contributed by atoms with Crippen molar-refractivity contribution < 1.29 is 22.8 Å². The van der Waals surface area contributed by atoms with Crippen molar-refractivity contribution in [1.82, 2.24) is 25.4 Å². The maximum atomic E-state index is 12.0. The zero-order valence-electron chi connectivity index (χ0n) is 14.0. The van der Waals surface area contributed by atoms with E-state index in [1.54, 1.807) is 10.00 Å². The Hall–Kier alpha value is -2.56. The molecule has 0 bridgehead atoms. The van der Waals surface area contributed by atoms with Crippen molar-refractivity contribution in [1.29, 1.82) is 0 Å². The van der Waals surface area contributed by atoms with Crippen molar-refractivity contribution in [3.8, 4) is 5.69 Å². The third kappa shape index (κ3) is 5.71. The van der Waals surface area contributed by atoms with Crippen LogP contribution >= 0.6 is 11.8 Å². The number of urea groups is 1. The van der Waals surface area contributed by atoms with Gasteiger partial charge < -0.3 is 5.32 Å². The summed E-state index contributed by atoms with van der Waals surface area (Å²) in [4.78, 5) is 27.4. The second-order valence-corrected chi connectivity index (χ2v) is 6.85. The number of carbonyl (C=O) groups excluding carboxylic acids is 2. The van der Waals surface area contributed by atoms with Crippen LogP contribution in [0.2, 0.25) is 0 Å². The second kappa shape index (κ2) is 7.99. The number of rotatable bonds is 6. The van der Waals surface area contributed by atoms with E-state index in [4.69, 9.17) is 0 Å². The van der Waals surface area contributed by atoms with E-state index >= 15 is 0 Å². The number of carbonyl (C=O) groups is 2. The average Bonchev–Trinajstić information content (AvgIpc) is 3.38. The molecule has 0 aliphatic heterocycles. The van der Waals surface area contributed by atoms with Crippen molar-refractivity contribution >= 4 is 23.7 Å². The SMILES string of the molecule is O=C(CSc1nc(C2CC2)n(-c2ccccc2)n1)NC(=O)NCC(F)(F)F. The lowest BCUT2D eigenvalue weighted by Gasteiger charge is -2.08. The molecule has 3 amide bonds. The van der Waals surface area contributed by atoms with Crippen LogP contribution in [0.4, 0.5) is 18.0 Å². The maximum absolute atomic E-state index is 12.0. The van der Waals surface area contributed by atoms with Gasteiger partial charge in [-0.2, -0.15) is 13.2 Å². The molecule has 2 N–H and O–H groups in total. The fourth-order valence-electron chi connectivity index (χ4n) is 2.25. The highest BCUT2D eigenvalue weighted by Crippen LogP contribution is 2.40. The van der Waals surface area contributed by atoms with Gasteiger partial charge in [0.1, 0.15) is 12.4 Å². The Bertz CT molecular complexity index is 821. The van der Waals surface area contributed by atoms with Crippen LogP contribution in [0.15, 0.2) is 35.5 Å². The maximum Gasteiger partial charge on any atom is 0.405 e. The number of hydrogen-bond donors (Lipinski definition) is 2. The molecule has 3 rings (SSSR count). The van der Waals surface area contributed by atoms with Gasteiger partial charge in [0.25, 0.3) is 0 Å². The van der Waals surface area contributed by atoms with Crippen LogP contribution in [0, 0.1) is 0 Å². The molecule has 1 aliphatic rings. The van der Waals surface area contributed by atoms with Crippen LogP contribution in [0.3, 0.4) is 0 Å². The molecule has 1 heterocycles. The summed E-state index contributed by atoms with van der Waals surface area (Å²) in [6, 6.07) is 8.25. The predicted octanol–water partition coefficient (Wildman–Crippen LogP) is 2.62. The van der Waals surface area contributed by atoms with Crippen LogP contribution in [0.1, 0.15) is 24.6 Å². The number of halogens is 3. The van der Waals surface area contributed by atoms with Gasteiger partial charge in [0, 0.05) is 5.92 Å². The quantitative estimate of drug-likeness (QED) is 0.729. The van der Waals surface area contributed by atoms with Crippen molar-refractivity contribution in [2.75, 3.05) is 12.3 Å². The molecule has 1 aromatic heterocycles. The lowest BCUT2D eigenvalue weighted by molar-refractivity contribution is -0.124. The Balaban J connectivity index is 1.57. The first kappa shape index (κ1) is 19.2. The molecule has 0 unspecified atom stereocenters. The number of amides is 3. The van der Waals surface area contributed by atoms with Gasteiger partial charge in [0.2, 0.25) is 11.1 Å². The Morgan fingerprint density at radius 1 is 1.22 bits per heavy atom. The summed E-state index contributed by atoms with van der Waals surface area (Å²) in [6.07, 6.45) is -2.49. The first-order valence-corrected chi connectivity index (χ1v) is 9.10. The molecule has 0 saturated heterocycles. The topological polar surface area (TPSA) is 88.9 Å². The molecule has 11 heteroatoms. The first-order chi connectivity index (χ1) is 12.8. The van der Waals surface area contributed by atoms with Crippen LogP contribution in [-0.4, -0.2) is 45.2 Å². The highest BCUT2D eigenvalue weighted by molar-refractivity contribution is 7.99.